The molecule has 0 aliphatic carbocycles. The molecule has 0 bridgehead atoms. The zero-order valence-corrected chi connectivity index (χ0v) is 13.1. The molecule has 1 N–H and O–H groups in total. The Kier molecular flexibility index (Phi) is 4.45. The molecular formula is C14H13BrFNO2S. The van der Waals surface area contributed by atoms with E-state index in [2.05, 4.69) is 20.7 Å². The van der Waals surface area contributed by atoms with Gasteiger partial charge in [-0.3, -0.25) is 4.72 Å². The molecule has 20 heavy (non-hydrogen) atoms. The molecule has 0 atom stereocenters. The highest BCUT2D eigenvalue weighted by molar-refractivity contribution is 9.10. The summed E-state index contributed by atoms with van der Waals surface area (Å²) in [5.41, 5.74) is 1.24. The van der Waals surface area contributed by atoms with E-state index >= 15 is 0 Å². The molecule has 0 unspecified atom stereocenters. The van der Waals surface area contributed by atoms with Crippen molar-refractivity contribution in [3.8, 4) is 0 Å². The molecule has 106 valence electrons. The van der Waals surface area contributed by atoms with Crippen LogP contribution in [-0.2, 0) is 16.4 Å². The van der Waals surface area contributed by atoms with Gasteiger partial charge in [0.1, 0.15) is 5.82 Å². The van der Waals surface area contributed by atoms with Crippen LogP contribution in [0.5, 0.6) is 0 Å². The second kappa shape index (κ2) is 5.93. The van der Waals surface area contributed by atoms with Crippen LogP contribution < -0.4 is 4.72 Å². The summed E-state index contributed by atoms with van der Waals surface area (Å²) < 4.78 is 40.3. The Labute approximate surface area is 126 Å². The van der Waals surface area contributed by atoms with Gasteiger partial charge in [-0.2, -0.15) is 0 Å². The van der Waals surface area contributed by atoms with Crippen molar-refractivity contribution in [2.45, 2.75) is 18.2 Å². The molecule has 0 radical (unpaired) electrons. The lowest BCUT2D eigenvalue weighted by atomic mass is 10.2. The Morgan fingerprint density at radius 2 is 1.80 bits per heavy atom. The molecule has 0 fully saturated rings. The van der Waals surface area contributed by atoms with Crippen LogP contribution in [0.3, 0.4) is 0 Å². The maximum absolute atomic E-state index is 13.4. The number of nitrogens with one attached hydrogen (secondary N) is 1. The van der Waals surface area contributed by atoms with Crippen LogP contribution in [0.25, 0.3) is 0 Å². The number of hydrogen-bond donors (Lipinski definition) is 1. The summed E-state index contributed by atoms with van der Waals surface area (Å²) in [4.78, 5) is 0.151. The largest absolute Gasteiger partial charge is 0.280 e. The van der Waals surface area contributed by atoms with Gasteiger partial charge in [-0.15, -0.1) is 0 Å². The first-order chi connectivity index (χ1) is 9.42. The second-order valence-corrected chi connectivity index (χ2v) is 6.77. The molecule has 0 aromatic heterocycles. The predicted octanol–water partition coefficient (Wildman–Crippen LogP) is 3.95. The number of halogens is 2. The summed E-state index contributed by atoms with van der Waals surface area (Å²) in [5.74, 6) is -0.522. The number of hydrogen-bond acceptors (Lipinski definition) is 2. The third-order valence-electron chi connectivity index (χ3n) is 2.81. The van der Waals surface area contributed by atoms with E-state index in [0.29, 0.717) is 0 Å². The molecule has 0 amide bonds. The number of anilines is 1. The molecular weight excluding hydrogens is 345 g/mol. The third kappa shape index (κ3) is 3.37. The molecule has 0 aliphatic rings. The summed E-state index contributed by atoms with van der Waals surface area (Å²) in [6.45, 7) is 1.99. The molecule has 6 heteroatoms. The van der Waals surface area contributed by atoms with E-state index in [-0.39, 0.29) is 15.1 Å². The van der Waals surface area contributed by atoms with Crippen LogP contribution >= 0.6 is 15.9 Å². The van der Waals surface area contributed by atoms with Crippen molar-refractivity contribution < 1.29 is 12.8 Å². The fourth-order valence-electron chi connectivity index (χ4n) is 1.68. The van der Waals surface area contributed by atoms with E-state index in [1.54, 1.807) is 12.1 Å². The molecule has 3 nitrogen and oxygen atoms in total. The van der Waals surface area contributed by atoms with Crippen molar-refractivity contribution in [1.82, 2.24) is 0 Å². The van der Waals surface area contributed by atoms with Crippen LogP contribution in [0.1, 0.15) is 12.5 Å². The SMILES string of the molecule is CCc1ccc(S(=O)(=O)Nc2ccc(Br)c(F)c2)cc1. The Bertz CT molecular complexity index is 714. The van der Waals surface area contributed by atoms with Gasteiger partial charge in [-0.05, 0) is 58.2 Å². The Morgan fingerprint density at radius 1 is 1.15 bits per heavy atom. The van der Waals surface area contributed by atoms with E-state index in [4.69, 9.17) is 0 Å². The lowest BCUT2D eigenvalue weighted by molar-refractivity contribution is 0.601. The van der Waals surface area contributed by atoms with E-state index in [9.17, 15) is 12.8 Å². The fraction of sp³-hybridized carbons (Fsp3) is 0.143. The van der Waals surface area contributed by atoms with Gasteiger partial charge in [0.05, 0.1) is 15.1 Å². The van der Waals surface area contributed by atoms with Crippen molar-refractivity contribution in [2.24, 2.45) is 0 Å². The average Bonchev–Trinajstić information content (AvgIpc) is 2.43. The minimum atomic E-state index is -3.70. The lowest BCUT2D eigenvalue weighted by Gasteiger charge is -2.09. The first-order valence-corrected chi connectivity index (χ1v) is 8.27. The van der Waals surface area contributed by atoms with Gasteiger partial charge in [0.2, 0.25) is 0 Å². The highest BCUT2D eigenvalue weighted by Crippen LogP contribution is 2.22. The van der Waals surface area contributed by atoms with E-state index in [1.165, 1.54) is 24.3 Å². The molecule has 0 saturated carbocycles. The smallest absolute Gasteiger partial charge is 0.261 e. The Morgan fingerprint density at radius 3 is 2.35 bits per heavy atom. The normalized spacial score (nSPS) is 11.3. The highest BCUT2D eigenvalue weighted by Gasteiger charge is 2.14. The molecule has 0 spiro atoms. The zero-order chi connectivity index (χ0) is 14.8. The van der Waals surface area contributed by atoms with Crippen molar-refractivity contribution in [3.05, 3.63) is 58.3 Å². The fourth-order valence-corrected chi connectivity index (χ4v) is 2.97. The van der Waals surface area contributed by atoms with Gasteiger partial charge < -0.3 is 0 Å². The first kappa shape index (κ1) is 15.0. The van der Waals surface area contributed by atoms with Crippen LogP contribution in [0.4, 0.5) is 10.1 Å². The maximum atomic E-state index is 13.4. The third-order valence-corrected chi connectivity index (χ3v) is 4.85. The monoisotopic (exact) mass is 357 g/mol. The van der Waals surface area contributed by atoms with E-state index in [0.717, 1.165) is 18.1 Å². The molecule has 2 aromatic rings. The topological polar surface area (TPSA) is 46.2 Å². The second-order valence-electron chi connectivity index (χ2n) is 4.23. The maximum Gasteiger partial charge on any atom is 0.261 e. The number of aryl methyl sites for hydroxylation is 1. The minimum Gasteiger partial charge on any atom is -0.280 e. The molecule has 2 rings (SSSR count). The lowest BCUT2D eigenvalue weighted by Crippen LogP contribution is -2.13. The quantitative estimate of drug-likeness (QED) is 0.900. The van der Waals surface area contributed by atoms with Crippen LogP contribution in [0.2, 0.25) is 0 Å². The summed E-state index contributed by atoms with van der Waals surface area (Å²) in [6, 6.07) is 10.7. The van der Waals surface area contributed by atoms with Gasteiger partial charge >= 0.3 is 0 Å². The predicted molar refractivity (Wildman–Crippen MR) is 80.7 cm³/mol. The van der Waals surface area contributed by atoms with E-state index < -0.39 is 15.8 Å². The van der Waals surface area contributed by atoms with Gasteiger partial charge in [0.15, 0.2) is 0 Å². The average molecular weight is 358 g/mol. The van der Waals surface area contributed by atoms with Gasteiger partial charge in [0, 0.05) is 0 Å². The molecule has 2 aromatic carbocycles. The molecule has 0 heterocycles. The molecule has 0 saturated heterocycles. The van der Waals surface area contributed by atoms with Crippen molar-refractivity contribution in [2.75, 3.05) is 4.72 Å². The number of sulfonamides is 1. The van der Waals surface area contributed by atoms with Crippen LogP contribution in [0, 0.1) is 5.82 Å². The highest BCUT2D eigenvalue weighted by atomic mass is 79.9. The Hall–Kier alpha value is -1.40. The zero-order valence-electron chi connectivity index (χ0n) is 10.7. The summed E-state index contributed by atoms with van der Waals surface area (Å²) in [6.07, 6.45) is 0.839. The van der Waals surface area contributed by atoms with E-state index in [1.807, 2.05) is 6.92 Å². The standard InChI is InChI=1S/C14H13BrFNO2S/c1-2-10-3-6-12(7-4-10)20(18,19)17-11-5-8-13(15)14(16)9-11/h3-9,17H,2H2,1H3. The van der Waals surface area contributed by atoms with Gasteiger partial charge in [-0.25, -0.2) is 12.8 Å². The van der Waals surface area contributed by atoms with Crippen molar-refractivity contribution >= 4 is 31.6 Å². The van der Waals surface area contributed by atoms with Crippen LogP contribution in [0.15, 0.2) is 51.8 Å². The summed E-state index contributed by atoms with van der Waals surface area (Å²) in [7, 11) is -3.70. The number of rotatable bonds is 4. The number of benzene rings is 2. The minimum absolute atomic E-state index is 0.151. The summed E-state index contributed by atoms with van der Waals surface area (Å²) in [5, 5.41) is 0. The van der Waals surface area contributed by atoms with Gasteiger partial charge in [0.25, 0.3) is 10.0 Å². The van der Waals surface area contributed by atoms with Crippen LogP contribution in [-0.4, -0.2) is 8.42 Å². The van der Waals surface area contributed by atoms with Gasteiger partial charge in [-0.1, -0.05) is 19.1 Å². The summed E-state index contributed by atoms with van der Waals surface area (Å²) >= 11 is 3.02. The van der Waals surface area contributed by atoms with Crippen molar-refractivity contribution in [1.29, 1.82) is 0 Å². The Balaban J connectivity index is 2.27. The first-order valence-electron chi connectivity index (χ1n) is 5.99. The molecule has 0 aliphatic heterocycles. The van der Waals surface area contributed by atoms with Crippen molar-refractivity contribution in [3.63, 3.8) is 0 Å².